The van der Waals surface area contributed by atoms with Gasteiger partial charge in [-0.05, 0) is 18.1 Å². The normalized spacial score (nSPS) is 11.5. The number of rotatable bonds is 2. The first-order chi connectivity index (χ1) is 7.15. The van der Waals surface area contributed by atoms with Gasteiger partial charge in [-0.15, -0.1) is 0 Å². The summed E-state index contributed by atoms with van der Waals surface area (Å²) in [6, 6.07) is 5.00. The van der Waals surface area contributed by atoms with Crippen LogP contribution >= 0.6 is 0 Å². The average molecular weight is 206 g/mol. The van der Waals surface area contributed by atoms with Crippen molar-refractivity contribution in [1.29, 1.82) is 0 Å². The third-order valence-electron chi connectivity index (χ3n) is 2.68. The predicted molar refractivity (Wildman–Crippen MR) is 59.6 cm³/mol. The van der Waals surface area contributed by atoms with E-state index in [1.165, 1.54) is 6.07 Å². The molecular formula is C13H15FO. The number of furan rings is 1. The van der Waals surface area contributed by atoms with Crippen LogP contribution < -0.4 is 0 Å². The Kier molecular flexibility index (Phi) is 2.51. The van der Waals surface area contributed by atoms with Gasteiger partial charge in [0.25, 0.3) is 0 Å². The first-order valence-electron chi connectivity index (χ1n) is 5.35. The van der Waals surface area contributed by atoms with Gasteiger partial charge < -0.3 is 4.42 Å². The summed E-state index contributed by atoms with van der Waals surface area (Å²) >= 11 is 0. The summed E-state index contributed by atoms with van der Waals surface area (Å²) in [7, 11) is 0. The Morgan fingerprint density at radius 2 is 2.07 bits per heavy atom. The molecule has 80 valence electrons. The molecular weight excluding hydrogens is 191 g/mol. The Hall–Kier alpha value is -1.31. The molecule has 0 amide bonds. The summed E-state index contributed by atoms with van der Waals surface area (Å²) in [6.07, 6.45) is 0.807. The average Bonchev–Trinajstić information content (AvgIpc) is 2.57. The maximum Gasteiger partial charge on any atom is 0.137 e. The van der Waals surface area contributed by atoms with Gasteiger partial charge in [-0.2, -0.15) is 0 Å². The van der Waals surface area contributed by atoms with Gasteiger partial charge in [-0.1, -0.05) is 26.8 Å². The zero-order valence-electron chi connectivity index (χ0n) is 9.30. The van der Waals surface area contributed by atoms with Gasteiger partial charge in [0.1, 0.15) is 17.2 Å². The Morgan fingerprint density at radius 3 is 2.67 bits per heavy atom. The molecule has 15 heavy (non-hydrogen) atoms. The zero-order valence-corrected chi connectivity index (χ0v) is 9.30. The highest BCUT2D eigenvalue weighted by Crippen LogP contribution is 2.33. The summed E-state index contributed by atoms with van der Waals surface area (Å²) < 4.78 is 19.3. The third kappa shape index (κ3) is 1.54. The Bertz CT molecular complexity index is 482. The van der Waals surface area contributed by atoms with Gasteiger partial charge in [0.15, 0.2) is 0 Å². The minimum Gasteiger partial charge on any atom is -0.461 e. The van der Waals surface area contributed by atoms with Crippen molar-refractivity contribution >= 4 is 11.0 Å². The van der Waals surface area contributed by atoms with Crippen molar-refractivity contribution in [2.75, 3.05) is 0 Å². The highest BCUT2D eigenvalue weighted by molar-refractivity contribution is 5.83. The van der Waals surface area contributed by atoms with Crippen LogP contribution in [0.2, 0.25) is 0 Å². The van der Waals surface area contributed by atoms with Crippen molar-refractivity contribution in [2.45, 2.75) is 33.1 Å². The van der Waals surface area contributed by atoms with E-state index in [1.54, 1.807) is 6.07 Å². The molecule has 0 spiro atoms. The molecule has 0 aliphatic carbocycles. The number of hydrogen-bond donors (Lipinski definition) is 0. The Labute approximate surface area is 88.9 Å². The van der Waals surface area contributed by atoms with Gasteiger partial charge in [0, 0.05) is 12.0 Å². The topological polar surface area (TPSA) is 13.1 Å². The molecule has 0 aliphatic heterocycles. The third-order valence-corrected chi connectivity index (χ3v) is 2.68. The summed E-state index contributed by atoms with van der Waals surface area (Å²) in [5.74, 6) is 1.02. The number of benzene rings is 1. The minimum absolute atomic E-state index is 0.181. The van der Waals surface area contributed by atoms with E-state index in [0.29, 0.717) is 11.0 Å². The molecule has 0 fully saturated rings. The summed E-state index contributed by atoms with van der Waals surface area (Å²) in [6.45, 7) is 6.16. The quantitative estimate of drug-likeness (QED) is 0.715. The first kappa shape index (κ1) is 10.2. The minimum atomic E-state index is -0.181. The van der Waals surface area contributed by atoms with Crippen LogP contribution in [0.25, 0.3) is 11.0 Å². The number of fused-ring (bicyclic) bond motifs is 1. The molecule has 0 N–H and O–H groups in total. The molecule has 0 saturated heterocycles. The van der Waals surface area contributed by atoms with Crippen LogP contribution in [0.5, 0.6) is 0 Å². The highest BCUT2D eigenvalue weighted by atomic mass is 19.1. The number of aryl methyl sites for hydroxylation is 1. The molecule has 2 rings (SSSR count). The standard InChI is InChI=1S/C13H15FO/c1-4-10-12(8(2)3)13-9(14)6-5-7-11(13)15-10/h5-8H,4H2,1-3H3. The number of hydrogen-bond acceptors (Lipinski definition) is 1. The molecule has 1 heterocycles. The summed E-state index contributed by atoms with van der Waals surface area (Å²) in [5.41, 5.74) is 1.68. The van der Waals surface area contributed by atoms with Crippen molar-refractivity contribution in [3.05, 3.63) is 35.3 Å². The molecule has 0 radical (unpaired) electrons. The lowest BCUT2D eigenvalue weighted by Gasteiger charge is -2.04. The van der Waals surface area contributed by atoms with Crippen LogP contribution in [0, 0.1) is 5.82 Å². The molecule has 0 unspecified atom stereocenters. The second kappa shape index (κ2) is 3.69. The Morgan fingerprint density at radius 1 is 1.33 bits per heavy atom. The van der Waals surface area contributed by atoms with Gasteiger partial charge in [0.2, 0.25) is 0 Å². The fourth-order valence-corrected chi connectivity index (χ4v) is 2.05. The van der Waals surface area contributed by atoms with Crippen LogP contribution in [0.15, 0.2) is 22.6 Å². The maximum absolute atomic E-state index is 13.7. The smallest absolute Gasteiger partial charge is 0.137 e. The van der Waals surface area contributed by atoms with Crippen molar-refractivity contribution in [3.63, 3.8) is 0 Å². The van der Waals surface area contributed by atoms with Crippen molar-refractivity contribution in [2.24, 2.45) is 0 Å². The van der Waals surface area contributed by atoms with E-state index in [-0.39, 0.29) is 11.7 Å². The van der Waals surface area contributed by atoms with E-state index in [1.807, 2.05) is 13.0 Å². The molecule has 0 saturated carbocycles. The SMILES string of the molecule is CCc1oc2cccc(F)c2c1C(C)C. The maximum atomic E-state index is 13.7. The molecule has 1 nitrogen and oxygen atoms in total. The van der Waals surface area contributed by atoms with Crippen molar-refractivity contribution < 1.29 is 8.81 Å². The van der Waals surface area contributed by atoms with E-state index in [2.05, 4.69) is 13.8 Å². The largest absolute Gasteiger partial charge is 0.461 e. The first-order valence-corrected chi connectivity index (χ1v) is 5.35. The van der Waals surface area contributed by atoms with Gasteiger partial charge in [-0.3, -0.25) is 0 Å². The fourth-order valence-electron chi connectivity index (χ4n) is 2.05. The van der Waals surface area contributed by atoms with Crippen molar-refractivity contribution in [1.82, 2.24) is 0 Å². The highest BCUT2D eigenvalue weighted by Gasteiger charge is 2.18. The molecule has 1 aromatic heterocycles. The van der Waals surface area contributed by atoms with E-state index in [9.17, 15) is 4.39 Å². The van der Waals surface area contributed by atoms with Crippen LogP contribution in [0.3, 0.4) is 0 Å². The molecule has 0 aliphatic rings. The van der Waals surface area contributed by atoms with Crippen LogP contribution in [0.4, 0.5) is 4.39 Å². The van der Waals surface area contributed by atoms with Gasteiger partial charge >= 0.3 is 0 Å². The molecule has 1 aromatic carbocycles. The summed E-state index contributed by atoms with van der Waals surface area (Å²) in [5, 5.41) is 0.657. The van der Waals surface area contributed by atoms with Crippen LogP contribution in [-0.4, -0.2) is 0 Å². The van der Waals surface area contributed by atoms with Gasteiger partial charge in [-0.25, -0.2) is 4.39 Å². The second-order valence-corrected chi connectivity index (χ2v) is 4.06. The Balaban J connectivity index is 2.82. The van der Waals surface area contributed by atoms with Crippen molar-refractivity contribution in [3.8, 4) is 0 Å². The number of halogens is 1. The fraction of sp³-hybridized carbons (Fsp3) is 0.385. The molecule has 0 atom stereocenters. The second-order valence-electron chi connectivity index (χ2n) is 4.06. The lowest BCUT2D eigenvalue weighted by Crippen LogP contribution is -1.92. The van der Waals surface area contributed by atoms with Crippen LogP contribution in [-0.2, 0) is 6.42 Å². The zero-order chi connectivity index (χ0) is 11.0. The van der Waals surface area contributed by atoms with E-state index < -0.39 is 0 Å². The van der Waals surface area contributed by atoms with E-state index in [0.717, 1.165) is 17.7 Å². The summed E-state index contributed by atoms with van der Waals surface area (Å²) in [4.78, 5) is 0. The lowest BCUT2D eigenvalue weighted by molar-refractivity contribution is 0.546. The predicted octanol–water partition coefficient (Wildman–Crippen LogP) is 4.26. The lowest BCUT2D eigenvalue weighted by atomic mass is 9.98. The molecule has 2 aromatic rings. The van der Waals surface area contributed by atoms with Gasteiger partial charge in [0.05, 0.1) is 5.39 Å². The molecule has 2 heteroatoms. The van der Waals surface area contributed by atoms with E-state index >= 15 is 0 Å². The van der Waals surface area contributed by atoms with E-state index in [4.69, 9.17) is 4.42 Å². The monoisotopic (exact) mass is 206 g/mol. The van der Waals surface area contributed by atoms with Crippen LogP contribution in [0.1, 0.15) is 38.0 Å². The molecule has 0 bridgehead atoms.